The topological polar surface area (TPSA) is 41.0 Å². The first kappa shape index (κ1) is 13.6. The van der Waals surface area contributed by atoms with Crippen molar-refractivity contribution in [1.29, 1.82) is 0 Å². The molecular weight excluding hydrogens is 275 g/mol. The van der Waals surface area contributed by atoms with Gasteiger partial charge in [0.2, 0.25) is 0 Å². The van der Waals surface area contributed by atoms with Crippen molar-refractivity contribution >= 4 is 28.7 Å². The molecule has 1 fully saturated rings. The lowest BCUT2D eigenvalue weighted by Gasteiger charge is -2.34. The molecule has 1 aromatic heterocycles. The molecule has 0 spiro atoms. The Kier molecular flexibility index (Phi) is 4.03. The molecule has 1 atom stereocenters. The summed E-state index contributed by atoms with van der Waals surface area (Å²) in [5, 5.41) is 0.789. The zero-order valence-corrected chi connectivity index (χ0v) is 12.2. The molecule has 3 rings (SSSR count). The van der Waals surface area contributed by atoms with E-state index in [0.29, 0.717) is 6.04 Å². The number of nitrogens with zero attached hydrogens (tertiary/aromatic N) is 3. The highest BCUT2D eigenvalue weighted by Crippen LogP contribution is 2.26. The lowest BCUT2D eigenvalue weighted by Crippen LogP contribution is -2.44. The first-order valence-electron chi connectivity index (χ1n) is 6.71. The Labute approximate surface area is 121 Å². The van der Waals surface area contributed by atoms with Crippen LogP contribution in [0.5, 0.6) is 0 Å². The van der Waals surface area contributed by atoms with E-state index in [4.69, 9.17) is 0 Å². The second-order valence-corrected chi connectivity index (χ2v) is 5.61. The maximum absolute atomic E-state index is 13.5. The molecule has 1 aromatic carbocycles. The Hall–Kier alpha value is -1.40. The van der Waals surface area contributed by atoms with Gasteiger partial charge in [-0.3, -0.25) is 4.72 Å². The zero-order chi connectivity index (χ0) is 13.9. The molecular formula is C14H17FN4S. The van der Waals surface area contributed by atoms with E-state index < -0.39 is 0 Å². The highest BCUT2D eigenvalue weighted by molar-refractivity contribution is 7.96. The molecule has 1 N–H and O–H groups in total. The second-order valence-electron chi connectivity index (χ2n) is 4.97. The van der Waals surface area contributed by atoms with Crippen molar-refractivity contribution in [3.05, 3.63) is 30.3 Å². The van der Waals surface area contributed by atoms with Crippen LogP contribution in [0.3, 0.4) is 0 Å². The van der Waals surface area contributed by atoms with E-state index in [-0.39, 0.29) is 5.82 Å². The van der Waals surface area contributed by atoms with E-state index in [1.165, 1.54) is 12.1 Å². The van der Waals surface area contributed by atoms with Gasteiger partial charge in [0.15, 0.2) is 0 Å². The van der Waals surface area contributed by atoms with Gasteiger partial charge in [-0.25, -0.2) is 14.4 Å². The summed E-state index contributed by atoms with van der Waals surface area (Å²) >= 11 is 1.64. The first-order chi connectivity index (χ1) is 9.78. The standard InChI is InChI=1S/C14H17FN4S/c1-20-18-11-3-2-6-19(8-11)14-12-7-10(15)4-5-13(12)16-9-17-14/h4-5,7,9,11,18H,2-3,6,8H2,1H3. The predicted octanol–water partition coefficient (Wildman–Crippen LogP) is 2.61. The van der Waals surface area contributed by atoms with Gasteiger partial charge in [0.05, 0.1) is 5.52 Å². The maximum Gasteiger partial charge on any atom is 0.140 e. The van der Waals surface area contributed by atoms with Crippen LogP contribution in [0, 0.1) is 5.82 Å². The average Bonchev–Trinajstić information content (AvgIpc) is 2.47. The fourth-order valence-electron chi connectivity index (χ4n) is 2.70. The van der Waals surface area contributed by atoms with Gasteiger partial charge in [0, 0.05) is 24.5 Å². The van der Waals surface area contributed by atoms with Crippen molar-refractivity contribution in [1.82, 2.24) is 14.7 Å². The van der Waals surface area contributed by atoms with Crippen molar-refractivity contribution in [2.75, 3.05) is 24.2 Å². The third kappa shape index (κ3) is 2.71. The van der Waals surface area contributed by atoms with E-state index >= 15 is 0 Å². The van der Waals surface area contributed by atoms with Crippen LogP contribution >= 0.6 is 11.9 Å². The summed E-state index contributed by atoms with van der Waals surface area (Å²) in [4.78, 5) is 10.8. The van der Waals surface area contributed by atoms with Gasteiger partial charge in [0.25, 0.3) is 0 Å². The smallest absolute Gasteiger partial charge is 0.140 e. The summed E-state index contributed by atoms with van der Waals surface area (Å²) < 4.78 is 16.9. The summed E-state index contributed by atoms with van der Waals surface area (Å²) in [5.74, 6) is 0.589. The minimum absolute atomic E-state index is 0.246. The van der Waals surface area contributed by atoms with Crippen molar-refractivity contribution in [3.63, 3.8) is 0 Å². The van der Waals surface area contributed by atoms with Crippen LogP contribution < -0.4 is 9.62 Å². The van der Waals surface area contributed by atoms with Gasteiger partial charge < -0.3 is 4.90 Å². The van der Waals surface area contributed by atoms with E-state index in [1.54, 1.807) is 24.3 Å². The van der Waals surface area contributed by atoms with E-state index in [9.17, 15) is 4.39 Å². The summed E-state index contributed by atoms with van der Waals surface area (Å²) in [5.41, 5.74) is 0.788. The number of benzene rings is 1. The Morgan fingerprint density at radius 1 is 1.40 bits per heavy atom. The van der Waals surface area contributed by atoms with Crippen LogP contribution in [0.2, 0.25) is 0 Å². The van der Waals surface area contributed by atoms with Gasteiger partial charge >= 0.3 is 0 Å². The normalized spacial score (nSPS) is 19.5. The lowest BCUT2D eigenvalue weighted by molar-refractivity contribution is 0.483. The van der Waals surface area contributed by atoms with Gasteiger partial charge in [-0.15, -0.1) is 0 Å². The molecule has 1 saturated heterocycles. The molecule has 2 heterocycles. The molecule has 2 aromatic rings. The molecule has 1 aliphatic heterocycles. The quantitative estimate of drug-likeness (QED) is 0.881. The fourth-order valence-corrected chi connectivity index (χ4v) is 3.23. The highest BCUT2D eigenvalue weighted by atomic mass is 32.2. The van der Waals surface area contributed by atoms with Gasteiger partial charge in [0.1, 0.15) is 18.0 Å². The van der Waals surface area contributed by atoms with Gasteiger partial charge in [-0.2, -0.15) is 0 Å². The molecule has 6 heteroatoms. The van der Waals surface area contributed by atoms with Gasteiger partial charge in [-0.05, 0) is 37.3 Å². The van der Waals surface area contributed by atoms with Crippen molar-refractivity contribution < 1.29 is 4.39 Å². The average molecular weight is 292 g/mol. The number of aromatic nitrogens is 2. The first-order valence-corrected chi connectivity index (χ1v) is 7.94. The summed E-state index contributed by atoms with van der Waals surface area (Å²) in [6.07, 6.45) is 5.86. The van der Waals surface area contributed by atoms with Crippen LogP contribution in [0.25, 0.3) is 10.9 Å². The Morgan fingerprint density at radius 2 is 2.30 bits per heavy atom. The molecule has 1 unspecified atom stereocenters. The Bertz CT molecular complexity index is 605. The number of hydrogen-bond donors (Lipinski definition) is 1. The monoisotopic (exact) mass is 292 g/mol. The van der Waals surface area contributed by atoms with E-state index in [2.05, 4.69) is 19.6 Å². The molecule has 0 amide bonds. The number of halogens is 1. The van der Waals surface area contributed by atoms with Crippen LogP contribution in [-0.4, -0.2) is 35.4 Å². The van der Waals surface area contributed by atoms with Crippen LogP contribution in [0.4, 0.5) is 10.2 Å². The third-order valence-electron chi connectivity index (χ3n) is 3.58. The number of hydrogen-bond acceptors (Lipinski definition) is 5. The maximum atomic E-state index is 13.5. The second kappa shape index (κ2) is 5.93. The number of rotatable bonds is 3. The molecule has 1 aliphatic rings. The van der Waals surface area contributed by atoms with Crippen LogP contribution in [0.1, 0.15) is 12.8 Å². The third-order valence-corrected chi connectivity index (χ3v) is 4.15. The lowest BCUT2D eigenvalue weighted by atomic mass is 10.1. The molecule has 20 heavy (non-hydrogen) atoms. The van der Waals surface area contributed by atoms with Crippen molar-refractivity contribution in [3.8, 4) is 0 Å². The van der Waals surface area contributed by atoms with E-state index in [1.807, 2.05) is 6.26 Å². The zero-order valence-electron chi connectivity index (χ0n) is 11.3. The van der Waals surface area contributed by atoms with Crippen molar-refractivity contribution in [2.24, 2.45) is 0 Å². The van der Waals surface area contributed by atoms with E-state index in [0.717, 1.165) is 42.7 Å². The summed E-state index contributed by atoms with van der Waals surface area (Å²) in [6.45, 7) is 1.85. The largest absolute Gasteiger partial charge is 0.354 e. The molecule has 0 bridgehead atoms. The molecule has 106 valence electrons. The number of nitrogens with one attached hydrogen (secondary N) is 1. The summed E-state index contributed by atoms with van der Waals surface area (Å²) in [7, 11) is 0. The predicted molar refractivity (Wildman–Crippen MR) is 81.4 cm³/mol. The highest BCUT2D eigenvalue weighted by Gasteiger charge is 2.22. The van der Waals surface area contributed by atoms with Crippen LogP contribution in [0.15, 0.2) is 24.5 Å². The SMILES string of the molecule is CSNC1CCCN(c2ncnc3ccc(F)cc23)C1. The fraction of sp³-hybridized carbons (Fsp3) is 0.429. The van der Waals surface area contributed by atoms with Crippen molar-refractivity contribution in [2.45, 2.75) is 18.9 Å². The number of fused-ring (bicyclic) bond motifs is 1. The Balaban J connectivity index is 1.94. The van der Waals surface area contributed by atoms with Gasteiger partial charge in [-0.1, -0.05) is 11.9 Å². The summed E-state index contributed by atoms with van der Waals surface area (Å²) in [6, 6.07) is 5.11. The molecule has 4 nitrogen and oxygen atoms in total. The Morgan fingerprint density at radius 3 is 3.15 bits per heavy atom. The molecule has 0 radical (unpaired) electrons. The molecule has 0 saturated carbocycles. The number of anilines is 1. The minimum atomic E-state index is -0.246. The molecule has 0 aliphatic carbocycles. The number of piperidine rings is 1. The minimum Gasteiger partial charge on any atom is -0.354 e. The van der Waals surface area contributed by atoms with Crippen LogP contribution in [-0.2, 0) is 0 Å².